The van der Waals surface area contributed by atoms with E-state index in [0.717, 1.165) is 18.2 Å². The van der Waals surface area contributed by atoms with Crippen LogP contribution >= 0.6 is 0 Å². The Labute approximate surface area is 137 Å². The fourth-order valence-electron chi connectivity index (χ4n) is 2.61. The van der Waals surface area contributed by atoms with Gasteiger partial charge in [0, 0.05) is 36.1 Å². The predicted octanol–water partition coefficient (Wildman–Crippen LogP) is 1.97. The second-order valence-electron chi connectivity index (χ2n) is 5.81. The maximum atomic E-state index is 11.6. The van der Waals surface area contributed by atoms with Crippen molar-refractivity contribution in [2.75, 3.05) is 5.32 Å². The van der Waals surface area contributed by atoms with Crippen LogP contribution in [0.15, 0.2) is 36.8 Å². The molecule has 7 nitrogen and oxygen atoms in total. The fraction of sp³-hybridized carbons (Fsp3) is 0.176. The molecule has 1 amide bonds. The molecule has 0 aliphatic heterocycles. The Morgan fingerprint density at radius 2 is 2.17 bits per heavy atom. The van der Waals surface area contributed by atoms with E-state index in [1.807, 2.05) is 16.8 Å². The average molecular weight is 318 g/mol. The Bertz CT molecular complexity index is 996. The van der Waals surface area contributed by atoms with Gasteiger partial charge in [-0.2, -0.15) is 5.26 Å². The van der Waals surface area contributed by atoms with Crippen molar-refractivity contribution in [3.8, 4) is 11.9 Å². The van der Waals surface area contributed by atoms with Gasteiger partial charge in [-0.15, -0.1) is 0 Å². The van der Waals surface area contributed by atoms with E-state index < -0.39 is 5.91 Å². The molecule has 1 aliphatic rings. The number of carbonyl (C=O) groups excluding carboxylic acids is 1. The standard InChI is InChI=1S/C17H14N6O/c18-7-10-5-11-3-4-23(17(11)21-8-10)15-6-14(22-12-1-2-12)13(9-20-15)16(19)24/h3-6,8-9,12H,1-2H2,(H2,19,24)(H,20,22). The minimum absolute atomic E-state index is 0.377. The summed E-state index contributed by atoms with van der Waals surface area (Å²) < 4.78 is 1.82. The van der Waals surface area contributed by atoms with Crippen LogP contribution in [0.25, 0.3) is 16.9 Å². The first-order valence-corrected chi connectivity index (χ1v) is 7.59. The Kier molecular flexibility index (Phi) is 3.17. The van der Waals surface area contributed by atoms with Gasteiger partial charge in [0.15, 0.2) is 0 Å². The van der Waals surface area contributed by atoms with E-state index in [1.54, 1.807) is 12.1 Å². The van der Waals surface area contributed by atoms with Gasteiger partial charge in [0.05, 0.1) is 16.8 Å². The first kappa shape index (κ1) is 14.2. The molecule has 1 aliphatic carbocycles. The molecule has 3 aromatic rings. The van der Waals surface area contributed by atoms with Crippen molar-refractivity contribution in [2.45, 2.75) is 18.9 Å². The van der Waals surface area contributed by atoms with Crippen LogP contribution in [0, 0.1) is 11.3 Å². The van der Waals surface area contributed by atoms with Crippen LogP contribution in [0.4, 0.5) is 5.69 Å². The lowest BCUT2D eigenvalue weighted by atomic mass is 10.2. The summed E-state index contributed by atoms with van der Waals surface area (Å²) in [5, 5.41) is 13.1. The summed E-state index contributed by atoms with van der Waals surface area (Å²) in [6.45, 7) is 0. The van der Waals surface area contributed by atoms with Crippen molar-refractivity contribution in [3.63, 3.8) is 0 Å². The molecule has 0 saturated heterocycles. The highest BCUT2D eigenvalue weighted by molar-refractivity contribution is 5.98. The molecule has 0 bridgehead atoms. The molecule has 1 fully saturated rings. The van der Waals surface area contributed by atoms with Gasteiger partial charge >= 0.3 is 0 Å². The number of anilines is 1. The number of rotatable bonds is 4. The molecule has 3 heterocycles. The number of nitrogens with zero attached hydrogens (tertiary/aromatic N) is 4. The molecule has 0 aromatic carbocycles. The lowest BCUT2D eigenvalue weighted by molar-refractivity contribution is 0.100. The van der Waals surface area contributed by atoms with Crippen LogP contribution in [0.3, 0.4) is 0 Å². The summed E-state index contributed by atoms with van der Waals surface area (Å²) in [5.74, 6) is 0.127. The van der Waals surface area contributed by atoms with Crippen LogP contribution < -0.4 is 11.1 Å². The van der Waals surface area contributed by atoms with Crippen LogP contribution in [0.1, 0.15) is 28.8 Å². The Morgan fingerprint density at radius 3 is 2.88 bits per heavy atom. The van der Waals surface area contributed by atoms with Crippen molar-refractivity contribution in [3.05, 3.63) is 47.9 Å². The average Bonchev–Trinajstić information content (AvgIpc) is 3.30. The van der Waals surface area contributed by atoms with E-state index >= 15 is 0 Å². The van der Waals surface area contributed by atoms with Gasteiger partial charge in [-0.25, -0.2) is 9.97 Å². The monoisotopic (exact) mass is 318 g/mol. The molecule has 0 atom stereocenters. The Hall–Kier alpha value is -3.40. The van der Waals surface area contributed by atoms with Gasteiger partial charge in [-0.05, 0) is 25.0 Å². The zero-order chi connectivity index (χ0) is 16.7. The number of fused-ring (bicyclic) bond motifs is 1. The van der Waals surface area contributed by atoms with Crippen LogP contribution in [0.5, 0.6) is 0 Å². The zero-order valence-corrected chi connectivity index (χ0v) is 12.7. The normalized spacial score (nSPS) is 13.6. The number of hydrogen-bond acceptors (Lipinski definition) is 5. The number of nitrogens with one attached hydrogen (secondary N) is 1. The molecule has 7 heteroatoms. The maximum absolute atomic E-state index is 11.6. The summed E-state index contributed by atoms with van der Waals surface area (Å²) in [5.41, 5.74) is 7.70. The van der Waals surface area contributed by atoms with Gasteiger partial charge in [0.1, 0.15) is 17.5 Å². The molecule has 1 saturated carbocycles. The van der Waals surface area contributed by atoms with Crippen molar-refractivity contribution >= 4 is 22.6 Å². The van der Waals surface area contributed by atoms with E-state index in [2.05, 4.69) is 21.4 Å². The number of nitriles is 1. The predicted molar refractivity (Wildman–Crippen MR) is 88.7 cm³/mol. The highest BCUT2D eigenvalue weighted by atomic mass is 16.1. The third-order valence-electron chi connectivity index (χ3n) is 3.99. The maximum Gasteiger partial charge on any atom is 0.252 e. The fourth-order valence-corrected chi connectivity index (χ4v) is 2.61. The molecule has 4 rings (SSSR count). The van der Waals surface area contributed by atoms with Crippen molar-refractivity contribution in [1.82, 2.24) is 14.5 Å². The van der Waals surface area contributed by atoms with Crippen LogP contribution in [0.2, 0.25) is 0 Å². The minimum Gasteiger partial charge on any atom is -0.382 e. The smallest absolute Gasteiger partial charge is 0.252 e. The highest BCUT2D eigenvalue weighted by Crippen LogP contribution is 2.28. The van der Waals surface area contributed by atoms with E-state index in [4.69, 9.17) is 11.0 Å². The van der Waals surface area contributed by atoms with E-state index in [1.165, 1.54) is 12.4 Å². The second kappa shape index (κ2) is 5.35. The first-order chi connectivity index (χ1) is 11.7. The SMILES string of the molecule is N#Cc1cnc2c(ccn2-c2cc(NC3CC3)c(C(N)=O)cn2)c1. The topological polar surface area (TPSA) is 110 Å². The number of hydrogen-bond donors (Lipinski definition) is 2. The second-order valence-corrected chi connectivity index (χ2v) is 5.81. The summed E-state index contributed by atoms with van der Waals surface area (Å²) in [4.78, 5) is 20.3. The Morgan fingerprint density at radius 1 is 1.33 bits per heavy atom. The molecule has 0 radical (unpaired) electrons. The van der Waals surface area contributed by atoms with Crippen molar-refractivity contribution in [1.29, 1.82) is 5.26 Å². The van der Waals surface area contributed by atoms with Gasteiger partial charge in [-0.3, -0.25) is 9.36 Å². The molecule has 3 N–H and O–H groups in total. The summed E-state index contributed by atoms with van der Waals surface area (Å²) in [6, 6.07) is 7.92. The third kappa shape index (κ3) is 2.44. The van der Waals surface area contributed by atoms with Crippen LogP contribution in [-0.2, 0) is 0 Å². The van der Waals surface area contributed by atoms with Crippen molar-refractivity contribution < 1.29 is 4.79 Å². The van der Waals surface area contributed by atoms with Gasteiger partial charge < -0.3 is 11.1 Å². The Balaban J connectivity index is 1.81. The van der Waals surface area contributed by atoms with Gasteiger partial charge in [0.2, 0.25) is 0 Å². The third-order valence-corrected chi connectivity index (χ3v) is 3.99. The lowest BCUT2D eigenvalue weighted by Gasteiger charge is -2.11. The van der Waals surface area contributed by atoms with Gasteiger partial charge in [-0.1, -0.05) is 0 Å². The quantitative estimate of drug-likeness (QED) is 0.764. The molecule has 0 spiro atoms. The lowest BCUT2D eigenvalue weighted by Crippen LogP contribution is -2.16. The summed E-state index contributed by atoms with van der Waals surface area (Å²) >= 11 is 0. The van der Waals surface area contributed by atoms with E-state index in [9.17, 15) is 4.79 Å². The number of nitrogens with two attached hydrogens (primary N) is 1. The molecule has 24 heavy (non-hydrogen) atoms. The number of aromatic nitrogens is 3. The molecule has 118 valence electrons. The summed E-state index contributed by atoms with van der Waals surface area (Å²) in [7, 11) is 0. The molecular weight excluding hydrogens is 304 g/mol. The van der Waals surface area contributed by atoms with E-state index in [0.29, 0.717) is 34.3 Å². The van der Waals surface area contributed by atoms with Gasteiger partial charge in [0.25, 0.3) is 5.91 Å². The van der Waals surface area contributed by atoms with Crippen LogP contribution in [-0.4, -0.2) is 26.5 Å². The molecular formula is C17H14N6O. The number of pyridine rings is 2. The molecule has 0 unspecified atom stereocenters. The summed E-state index contributed by atoms with van der Waals surface area (Å²) in [6.07, 6.45) is 7.02. The number of amides is 1. The first-order valence-electron chi connectivity index (χ1n) is 7.59. The zero-order valence-electron chi connectivity index (χ0n) is 12.7. The largest absolute Gasteiger partial charge is 0.382 e. The number of primary amides is 1. The highest BCUT2D eigenvalue weighted by Gasteiger charge is 2.23. The van der Waals surface area contributed by atoms with Crippen molar-refractivity contribution in [2.24, 2.45) is 5.73 Å². The molecule has 3 aromatic heterocycles. The minimum atomic E-state index is -0.508. The van der Waals surface area contributed by atoms with E-state index in [-0.39, 0.29) is 0 Å². The number of carbonyl (C=O) groups is 1.